The van der Waals surface area contributed by atoms with Crippen molar-refractivity contribution in [2.45, 2.75) is 13.3 Å². The highest BCUT2D eigenvalue weighted by Gasteiger charge is 2.02. The lowest BCUT2D eigenvalue weighted by molar-refractivity contribution is -0.120. The van der Waals surface area contributed by atoms with E-state index < -0.39 is 10.0 Å². The number of carbonyl (C=O) groups excluding carboxylic acids is 1. The minimum absolute atomic E-state index is 0.145. The molecule has 0 bridgehead atoms. The molecule has 2 N–H and O–H groups in total. The number of sulfonamides is 1. The number of carbonyl (C=O) groups is 1. The molecule has 0 heterocycles. The van der Waals surface area contributed by atoms with Crippen molar-refractivity contribution in [2.75, 3.05) is 19.3 Å². The number of amides is 1. The molecule has 1 amide bonds. The Balaban J connectivity index is 3.51. The van der Waals surface area contributed by atoms with Gasteiger partial charge in [0, 0.05) is 19.5 Å². The second kappa shape index (κ2) is 5.10. The third-order valence-electron chi connectivity index (χ3n) is 1.09. The van der Waals surface area contributed by atoms with Crippen molar-refractivity contribution in [3.63, 3.8) is 0 Å². The second-order valence-electron chi connectivity index (χ2n) is 2.37. The maximum atomic E-state index is 10.8. The van der Waals surface area contributed by atoms with Gasteiger partial charge >= 0.3 is 0 Å². The highest BCUT2D eigenvalue weighted by Crippen LogP contribution is 1.79. The molecule has 0 aromatic heterocycles. The van der Waals surface area contributed by atoms with E-state index in [1.165, 1.54) is 0 Å². The third kappa shape index (κ3) is 7.49. The summed E-state index contributed by atoms with van der Waals surface area (Å²) in [6.07, 6.45) is 1.24. The molecule has 12 heavy (non-hydrogen) atoms. The van der Waals surface area contributed by atoms with Crippen LogP contribution < -0.4 is 10.0 Å². The number of hydrogen-bond donors (Lipinski definition) is 2. The summed E-state index contributed by atoms with van der Waals surface area (Å²) >= 11 is 0. The van der Waals surface area contributed by atoms with Crippen LogP contribution in [0.4, 0.5) is 0 Å². The Morgan fingerprint density at radius 2 is 2.00 bits per heavy atom. The summed E-state index contributed by atoms with van der Waals surface area (Å²) in [7, 11) is -3.16. The summed E-state index contributed by atoms with van der Waals surface area (Å²) in [4.78, 5) is 10.8. The standard InChI is InChI=1S/C6H14N2O3S/c1-3-7-6(9)4-5-8-12(2,10)11/h8H,3-5H2,1-2H3,(H,7,9). The van der Waals surface area contributed by atoms with Crippen LogP contribution in [-0.2, 0) is 14.8 Å². The largest absolute Gasteiger partial charge is 0.356 e. The molecule has 0 fully saturated rings. The van der Waals surface area contributed by atoms with E-state index in [-0.39, 0.29) is 18.9 Å². The van der Waals surface area contributed by atoms with E-state index in [0.29, 0.717) is 6.54 Å². The normalized spacial score (nSPS) is 11.2. The fourth-order valence-corrected chi connectivity index (χ4v) is 1.11. The predicted octanol–water partition coefficient (Wildman–Crippen LogP) is -0.938. The lowest BCUT2D eigenvalue weighted by atomic mass is 10.4. The van der Waals surface area contributed by atoms with Crippen LogP contribution >= 0.6 is 0 Å². The van der Waals surface area contributed by atoms with Gasteiger partial charge in [-0.15, -0.1) is 0 Å². The van der Waals surface area contributed by atoms with E-state index >= 15 is 0 Å². The summed E-state index contributed by atoms with van der Waals surface area (Å²) in [5.74, 6) is -0.145. The van der Waals surface area contributed by atoms with Gasteiger partial charge in [-0.05, 0) is 6.92 Å². The maximum Gasteiger partial charge on any atom is 0.221 e. The SMILES string of the molecule is CCNC(=O)CCNS(C)(=O)=O. The van der Waals surface area contributed by atoms with Gasteiger partial charge in [-0.2, -0.15) is 0 Å². The van der Waals surface area contributed by atoms with Crippen LogP contribution in [0.2, 0.25) is 0 Å². The zero-order valence-corrected chi connectivity index (χ0v) is 8.07. The average Bonchev–Trinajstić information content (AvgIpc) is 1.84. The number of nitrogens with one attached hydrogen (secondary N) is 2. The Labute approximate surface area is 72.6 Å². The predicted molar refractivity (Wildman–Crippen MR) is 46.1 cm³/mol. The monoisotopic (exact) mass is 194 g/mol. The van der Waals surface area contributed by atoms with Crippen LogP contribution in [0.1, 0.15) is 13.3 Å². The van der Waals surface area contributed by atoms with Gasteiger partial charge in [0.05, 0.1) is 6.26 Å². The molecule has 0 radical (unpaired) electrons. The average molecular weight is 194 g/mol. The highest BCUT2D eigenvalue weighted by molar-refractivity contribution is 7.88. The third-order valence-corrected chi connectivity index (χ3v) is 1.82. The second-order valence-corrected chi connectivity index (χ2v) is 4.20. The lowest BCUT2D eigenvalue weighted by Crippen LogP contribution is -2.29. The van der Waals surface area contributed by atoms with E-state index in [4.69, 9.17) is 0 Å². The molecular weight excluding hydrogens is 180 g/mol. The Kier molecular flexibility index (Phi) is 4.84. The zero-order chi connectivity index (χ0) is 9.61. The quantitative estimate of drug-likeness (QED) is 0.593. The van der Waals surface area contributed by atoms with Crippen LogP contribution in [0.5, 0.6) is 0 Å². The molecule has 0 aliphatic rings. The van der Waals surface area contributed by atoms with E-state index in [9.17, 15) is 13.2 Å². The molecule has 0 aliphatic carbocycles. The van der Waals surface area contributed by atoms with Crippen molar-refractivity contribution in [1.29, 1.82) is 0 Å². The first-order valence-corrected chi connectivity index (χ1v) is 5.56. The summed E-state index contributed by atoms with van der Waals surface area (Å²) in [5, 5.41) is 2.56. The minimum Gasteiger partial charge on any atom is -0.356 e. The summed E-state index contributed by atoms with van der Waals surface area (Å²) in [6, 6.07) is 0. The van der Waals surface area contributed by atoms with Gasteiger partial charge in [0.15, 0.2) is 0 Å². The summed E-state index contributed by atoms with van der Waals surface area (Å²) < 4.78 is 23.3. The fourth-order valence-electron chi connectivity index (χ4n) is 0.636. The molecule has 0 aromatic rings. The molecule has 0 aromatic carbocycles. The van der Waals surface area contributed by atoms with Crippen LogP contribution in [0.3, 0.4) is 0 Å². The lowest BCUT2D eigenvalue weighted by Gasteiger charge is -2.02. The van der Waals surface area contributed by atoms with Crippen molar-refractivity contribution in [2.24, 2.45) is 0 Å². The molecule has 0 rings (SSSR count). The van der Waals surface area contributed by atoms with Crippen molar-refractivity contribution >= 4 is 15.9 Å². The summed E-state index contributed by atoms with van der Waals surface area (Å²) in [6.45, 7) is 2.53. The number of rotatable bonds is 5. The molecule has 0 unspecified atom stereocenters. The Morgan fingerprint density at radius 3 is 2.42 bits per heavy atom. The smallest absolute Gasteiger partial charge is 0.221 e. The molecular formula is C6H14N2O3S. The Bertz CT molecular complexity index is 235. The Morgan fingerprint density at radius 1 is 1.42 bits per heavy atom. The van der Waals surface area contributed by atoms with Gasteiger partial charge in [-0.25, -0.2) is 13.1 Å². The van der Waals surface area contributed by atoms with E-state index in [1.54, 1.807) is 0 Å². The molecule has 0 aliphatic heterocycles. The molecule has 0 saturated heterocycles. The van der Waals surface area contributed by atoms with E-state index in [2.05, 4.69) is 10.0 Å². The van der Waals surface area contributed by atoms with Crippen molar-refractivity contribution in [1.82, 2.24) is 10.0 Å². The fraction of sp³-hybridized carbons (Fsp3) is 0.833. The first-order valence-electron chi connectivity index (χ1n) is 3.67. The Hall–Kier alpha value is -0.620. The van der Waals surface area contributed by atoms with E-state index in [0.717, 1.165) is 6.26 Å². The van der Waals surface area contributed by atoms with Gasteiger partial charge in [0.1, 0.15) is 0 Å². The molecule has 5 nitrogen and oxygen atoms in total. The van der Waals surface area contributed by atoms with Gasteiger partial charge in [-0.3, -0.25) is 4.79 Å². The molecule has 0 atom stereocenters. The van der Waals surface area contributed by atoms with Crippen LogP contribution in [0.15, 0.2) is 0 Å². The highest BCUT2D eigenvalue weighted by atomic mass is 32.2. The van der Waals surface area contributed by atoms with Crippen LogP contribution in [0.25, 0.3) is 0 Å². The minimum atomic E-state index is -3.16. The first kappa shape index (κ1) is 11.4. The first-order chi connectivity index (χ1) is 5.45. The topological polar surface area (TPSA) is 75.3 Å². The van der Waals surface area contributed by atoms with Crippen molar-refractivity contribution in [3.8, 4) is 0 Å². The molecule has 0 spiro atoms. The maximum absolute atomic E-state index is 10.8. The van der Waals surface area contributed by atoms with Crippen LogP contribution in [0, 0.1) is 0 Å². The van der Waals surface area contributed by atoms with Crippen LogP contribution in [-0.4, -0.2) is 33.7 Å². The summed E-state index contributed by atoms with van der Waals surface area (Å²) in [5.41, 5.74) is 0. The molecule has 0 saturated carbocycles. The molecule has 6 heteroatoms. The molecule has 72 valence electrons. The van der Waals surface area contributed by atoms with Gasteiger partial charge in [0.25, 0.3) is 0 Å². The van der Waals surface area contributed by atoms with Gasteiger partial charge < -0.3 is 5.32 Å². The van der Waals surface area contributed by atoms with Crippen molar-refractivity contribution in [3.05, 3.63) is 0 Å². The van der Waals surface area contributed by atoms with Gasteiger partial charge in [-0.1, -0.05) is 0 Å². The zero-order valence-electron chi connectivity index (χ0n) is 7.25. The number of hydrogen-bond acceptors (Lipinski definition) is 3. The van der Waals surface area contributed by atoms with Gasteiger partial charge in [0.2, 0.25) is 15.9 Å². The van der Waals surface area contributed by atoms with E-state index in [1.807, 2.05) is 6.92 Å². The van der Waals surface area contributed by atoms with Crippen molar-refractivity contribution < 1.29 is 13.2 Å².